The highest BCUT2D eigenvalue weighted by molar-refractivity contribution is 5.40. The third-order valence-corrected chi connectivity index (χ3v) is 3.17. The summed E-state index contributed by atoms with van der Waals surface area (Å²) < 4.78 is 5.92. The first kappa shape index (κ1) is 13.6. The molecule has 0 heterocycles. The Labute approximate surface area is 114 Å². The SMILES string of the molecule is Cc1cc(CO)ccc1Oc1cccc(C(C)C)c1. The van der Waals surface area contributed by atoms with E-state index in [1.165, 1.54) is 5.56 Å². The van der Waals surface area contributed by atoms with Gasteiger partial charge in [0.2, 0.25) is 0 Å². The molecule has 0 aliphatic heterocycles. The molecule has 0 unspecified atom stereocenters. The number of aliphatic hydroxyl groups is 1. The van der Waals surface area contributed by atoms with Crippen LogP contribution in [0.1, 0.15) is 36.5 Å². The number of aliphatic hydroxyl groups excluding tert-OH is 1. The molecule has 2 aromatic carbocycles. The lowest BCUT2D eigenvalue weighted by molar-refractivity contribution is 0.281. The first-order valence-corrected chi connectivity index (χ1v) is 6.58. The molecule has 0 radical (unpaired) electrons. The highest BCUT2D eigenvalue weighted by atomic mass is 16.5. The van der Waals surface area contributed by atoms with E-state index in [2.05, 4.69) is 26.0 Å². The van der Waals surface area contributed by atoms with Gasteiger partial charge in [-0.1, -0.05) is 38.1 Å². The van der Waals surface area contributed by atoms with Gasteiger partial charge in [-0.3, -0.25) is 0 Å². The fourth-order valence-corrected chi connectivity index (χ4v) is 1.99. The van der Waals surface area contributed by atoms with E-state index in [-0.39, 0.29) is 6.61 Å². The highest BCUT2D eigenvalue weighted by Crippen LogP contribution is 2.28. The van der Waals surface area contributed by atoms with Crippen LogP contribution in [0.2, 0.25) is 0 Å². The van der Waals surface area contributed by atoms with Gasteiger partial charge in [0, 0.05) is 0 Å². The maximum Gasteiger partial charge on any atom is 0.130 e. The minimum absolute atomic E-state index is 0.0595. The molecule has 100 valence electrons. The normalized spacial score (nSPS) is 10.8. The van der Waals surface area contributed by atoms with Crippen molar-refractivity contribution in [3.05, 3.63) is 59.2 Å². The molecule has 0 saturated heterocycles. The Morgan fingerprint density at radius 2 is 1.89 bits per heavy atom. The topological polar surface area (TPSA) is 29.5 Å². The zero-order valence-electron chi connectivity index (χ0n) is 11.7. The molecule has 0 aliphatic rings. The monoisotopic (exact) mass is 256 g/mol. The van der Waals surface area contributed by atoms with Gasteiger partial charge in [-0.05, 0) is 47.7 Å². The summed E-state index contributed by atoms with van der Waals surface area (Å²) in [5, 5.41) is 9.10. The van der Waals surface area contributed by atoms with Crippen LogP contribution in [-0.2, 0) is 6.61 Å². The summed E-state index contributed by atoms with van der Waals surface area (Å²) in [5.74, 6) is 2.17. The second kappa shape index (κ2) is 5.89. The molecular formula is C17H20O2. The van der Waals surface area contributed by atoms with Crippen molar-refractivity contribution in [2.24, 2.45) is 0 Å². The molecule has 0 aromatic heterocycles. The second-order valence-electron chi connectivity index (χ2n) is 5.09. The molecule has 0 fully saturated rings. The molecule has 2 aromatic rings. The van der Waals surface area contributed by atoms with E-state index in [4.69, 9.17) is 9.84 Å². The average Bonchev–Trinajstić information content (AvgIpc) is 2.41. The summed E-state index contributed by atoms with van der Waals surface area (Å²) in [5.41, 5.74) is 3.20. The van der Waals surface area contributed by atoms with Gasteiger partial charge >= 0.3 is 0 Å². The number of benzene rings is 2. The van der Waals surface area contributed by atoms with E-state index in [0.29, 0.717) is 5.92 Å². The first-order valence-electron chi connectivity index (χ1n) is 6.58. The van der Waals surface area contributed by atoms with E-state index in [1.807, 2.05) is 37.3 Å². The minimum Gasteiger partial charge on any atom is -0.457 e. The number of aryl methyl sites for hydroxylation is 1. The summed E-state index contributed by atoms with van der Waals surface area (Å²) in [7, 11) is 0. The lowest BCUT2D eigenvalue weighted by Gasteiger charge is -2.12. The van der Waals surface area contributed by atoms with E-state index >= 15 is 0 Å². The fraction of sp³-hybridized carbons (Fsp3) is 0.294. The van der Waals surface area contributed by atoms with Crippen molar-refractivity contribution < 1.29 is 9.84 Å². The second-order valence-corrected chi connectivity index (χ2v) is 5.09. The standard InChI is InChI=1S/C17H20O2/c1-12(2)15-5-4-6-16(10-15)19-17-8-7-14(11-18)9-13(17)3/h4-10,12,18H,11H2,1-3H3. The predicted molar refractivity (Wildman–Crippen MR) is 77.7 cm³/mol. The van der Waals surface area contributed by atoms with E-state index < -0.39 is 0 Å². The summed E-state index contributed by atoms with van der Waals surface area (Å²) in [6, 6.07) is 13.9. The number of rotatable bonds is 4. The maximum atomic E-state index is 9.10. The van der Waals surface area contributed by atoms with Crippen molar-refractivity contribution in [1.29, 1.82) is 0 Å². The Bertz CT molecular complexity index is 559. The van der Waals surface area contributed by atoms with Gasteiger partial charge < -0.3 is 9.84 Å². The van der Waals surface area contributed by atoms with Crippen LogP contribution in [0.3, 0.4) is 0 Å². The van der Waals surface area contributed by atoms with Gasteiger partial charge in [0.15, 0.2) is 0 Å². The van der Waals surface area contributed by atoms with E-state index in [1.54, 1.807) is 0 Å². The van der Waals surface area contributed by atoms with Crippen LogP contribution >= 0.6 is 0 Å². The lowest BCUT2D eigenvalue weighted by atomic mass is 10.0. The smallest absolute Gasteiger partial charge is 0.130 e. The molecular weight excluding hydrogens is 236 g/mol. The Morgan fingerprint density at radius 3 is 2.53 bits per heavy atom. The van der Waals surface area contributed by atoms with Gasteiger partial charge in [0.1, 0.15) is 11.5 Å². The molecule has 2 nitrogen and oxygen atoms in total. The van der Waals surface area contributed by atoms with E-state index in [0.717, 1.165) is 22.6 Å². The Morgan fingerprint density at radius 1 is 1.11 bits per heavy atom. The minimum atomic E-state index is 0.0595. The van der Waals surface area contributed by atoms with Crippen LogP contribution in [0.5, 0.6) is 11.5 Å². The molecule has 2 heteroatoms. The molecule has 0 amide bonds. The highest BCUT2D eigenvalue weighted by Gasteiger charge is 2.05. The van der Waals surface area contributed by atoms with Crippen LogP contribution in [-0.4, -0.2) is 5.11 Å². The van der Waals surface area contributed by atoms with Crippen molar-refractivity contribution in [3.63, 3.8) is 0 Å². The lowest BCUT2D eigenvalue weighted by Crippen LogP contribution is -1.92. The number of ether oxygens (including phenoxy) is 1. The van der Waals surface area contributed by atoms with Gasteiger partial charge in [-0.25, -0.2) is 0 Å². The molecule has 0 saturated carbocycles. The zero-order chi connectivity index (χ0) is 13.8. The largest absolute Gasteiger partial charge is 0.457 e. The van der Waals surface area contributed by atoms with Crippen LogP contribution in [0.4, 0.5) is 0 Å². The summed E-state index contributed by atoms with van der Waals surface area (Å²) >= 11 is 0. The molecule has 0 atom stereocenters. The average molecular weight is 256 g/mol. The van der Waals surface area contributed by atoms with Crippen molar-refractivity contribution in [1.82, 2.24) is 0 Å². The quantitative estimate of drug-likeness (QED) is 0.878. The molecule has 19 heavy (non-hydrogen) atoms. The van der Waals surface area contributed by atoms with Crippen molar-refractivity contribution in [2.75, 3.05) is 0 Å². The molecule has 0 spiro atoms. The third kappa shape index (κ3) is 3.36. The summed E-state index contributed by atoms with van der Waals surface area (Å²) in [6.07, 6.45) is 0. The van der Waals surface area contributed by atoms with Crippen molar-refractivity contribution in [3.8, 4) is 11.5 Å². The van der Waals surface area contributed by atoms with Gasteiger partial charge in [0.25, 0.3) is 0 Å². The van der Waals surface area contributed by atoms with Gasteiger partial charge in [0.05, 0.1) is 6.61 Å². The summed E-state index contributed by atoms with van der Waals surface area (Å²) in [6.45, 7) is 6.38. The van der Waals surface area contributed by atoms with Crippen molar-refractivity contribution >= 4 is 0 Å². The fourth-order valence-electron chi connectivity index (χ4n) is 1.99. The van der Waals surface area contributed by atoms with Crippen LogP contribution in [0, 0.1) is 6.92 Å². The Kier molecular flexibility index (Phi) is 4.23. The van der Waals surface area contributed by atoms with Crippen LogP contribution < -0.4 is 4.74 Å². The number of hydrogen-bond donors (Lipinski definition) is 1. The predicted octanol–water partition coefficient (Wildman–Crippen LogP) is 4.40. The van der Waals surface area contributed by atoms with Crippen LogP contribution in [0.25, 0.3) is 0 Å². The van der Waals surface area contributed by atoms with Gasteiger partial charge in [-0.15, -0.1) is 0 Å². The molecule has 0 aliphatic carbocycles. The van der Waals surface area contributed by atoms with E-state index in [9.17, 15) is 0 Å². The Hall–Kier alpha value is -1.80. The van der Waals surface area contributed by atoms with Crippen LogP contribution in [0.15, 0.2) is 42.5 Å². The molecule has 1 N–H and O–H groups in total. The maximum absolute atomic E-state index is 9.10. The third-order valence-electron chi connectivity index (χ3n) is 3.17. The summed E-state index contributed by atoms with van der Waals surface area (Å²) in [4.78, 5) is 0. The zero-order valence-corrected chi connectivity index (χ0v) is 11.7. The molecule has 0 bridgehead atoms. The first-order chi connectivity index (χ1) is 9.10. The molecule has 2 rings (SSSR count). The number of hydrogen-bond acceptors (Lipinski definition) is 2. The Balaban J connectivity index is 2.23. The van der Waals surface area contributed by atoms with Gasteiger partial charge in [-0.2, -0.15) is 0 Å². The van der Waals surface area contributed by atoms with Crippen molar-refractivity contribution in [2.45, 2.75) is 33.3 Å².